The van der Waals surface area contributed by atoms with Crippen molar-refractivity contribution in [1.29, 1.82) is 0 Å². The number of hydrogen-bond donors (Lipinski definition) is 3. The maximum Gasteiger partial charge on any atom is 0.255 e. The Morgan fingerprint density at radius 2 is 1.89 bits per heavy atom. The Labute approximate surface area is 205 Å². The average molecular weight is 484 g/mol. The zero-order valence-corrected chi connectivity index (χ0v) is 19.5. The SMILES string of the molecule is COc1ccc(F)cc1C(=O)NCc1ccc(-c2nc(C)c(-c3ncccn3)c3[nH]nc(N)c23)cc1. The van der Waals surface area contributed by atoms with Crippen LogP contribution in [0.1, 0.15) is 21.6 Å². The smallest absolute Gasteiger partial charge is 0.255 e. The highest BCUT2D eigenvalue weighted by molar-refractivity contribution is 6.06. The van der Waals surface area contributed by atoms with Crippen molar-refractivity contribution in [3.05, 3.63) is 83.6 Å². The van der Waals surface area contributed by atoms with Crippen LogP contribution in [-0.2, 0) is 6.54 Å². The summed E-state index contributed by atoms with van der Waals surface area (Å²) in [5, 5.41) is 10.7. The molecular formula is C26H22FN7O2. The number of nitrogens with two attached hydrogens (primary N) is 1. The molecule has 9 nitrogen and oxygen atoms in total. The maximum atomic E-state index is 13.6. The van der Waals surface area contributed by atoms with Crippen molar-refractivity contribution in [2.75, 3.05) is 12.8 Å². The Morgan fingerprint density at radius 3 is 2.61 bits per heavy atom. The van der Waals surface area contributed by atoms with Crippen LogP contribution in [0, 0.1) is 12.7 Å². The van der Waals surface area contributed by atoms with Gasteiger partial charge in [-0.25, -0.2) is 14.4 Å². The summed E-state index contributed by atoms with van der Waals surface area (Å²) in [7, 11) is 1.43. The number of benzene rings is 2. The highest BCUT2D eigenvalue weighted by atomic mass is 19.1. The van der Waals surface area contributed by atoms with E-state index in [0.29, 0.717) is 34.0 Å². The van der Waals surface area contributed by atoms with Crippen molar-refractivity contribution < 1.29 is 13.9 Å². The van der Waals surface area contributed by atoms with E-state index in [1.807, 2.05) is 31.2 Å². The Balaban J connectivity index is 1.42. The third-order valence-corrected chi connectivity index (χ3v) is 5.80. The molecule has 10 heteroatoms. The predicted molar refractivity (Wildman–Crippen MR) is 134 cm³/mol. The van der Waals surface area contributed by atoms with Crippen molar-refractivity contribution in [3.8, 4) is 28.4 Å². The summed E-state index contributed by atoms with van der Waals surface area (Å²) in [6, 6.07) is 13.1. The molecule has 0 spiro atoms. The minimum absolute atomic E-state index is 0.133. The summed E-state index contributed by atoms with van der Waals surface area (Å²) in [5.74, 6) is 0.215. The van der Waals surface area contributed by atoms with E-state index in [1.165, 1.54) is 19.2 Å². The lowest BCUT2D eigenvalue weighted by molar-refractivity contribution is 0.0947. The van der Waals surface area contributed by atoms with Gasteiger partial charge in [-0.15, -0.1) is 0 Å². The number of pyridine rings is 1. The van der Waals surface area contributed by atoms with Crippen LogP contribution in [0.15, 0.2) is 60.9 Å². The minimum Gasteiger partial charge on any atom is -0.496 e. The van der Waals surface area contributed by atoms with E-state index in [-0.39, 0.29) is 12.1 Å². The molecule has 180 valence electrons. The Bertz CT molecular complexity index is 1570. The van der Waals surface area contributed by atoms with Crippen molar-refractivity contribution >= 4 is 22.6 Å². The molecule has 0 aliphatic rings. The molecule has 0 unspecified atom stereocenters. The first-order valence-corrected chi connectivity index (χ1v) is 11.1. The molecular weight excluding hydrogens is 461 g/mol. The molecule has 5 aromatic rings. The number of aromatic amines is 1. The minimum atomic E-state index is -0.511. The van der Waals surface area contributed by atoms with Crippen LogP contribution in [0.2, 0.25) is 0 Å². The van der Waals surface area contributed by atoms with Gasteiger partial charge in [-0.2, -0.15) is 5.10 Å². The van der Waals surface area contributed by atoms with Crippen LogP contribution in [0.25, 0.3) is 33.5 Å². The molecule has 3 heterocycles. The molecule has 0 aliphatic carbocycles. The average Bonchev–Trinajstić information content (AvgIpc) is 3.28. The maximum absolute atomic E-state index is 13.6. The van der Waals surface area contributed by atoms with Crippen LogP contribution in [0.3, 0.4) is 0 Å². The summed E-state index contributed by atoms with van der Waals surface area (Å²) in [6.07, 6.45) is 3.34. The molecule has 1 amide bonds. The lowest BCUT2D eigenvalue weighted by Crippen LogP contribution is -2.23. The number of methoxy groups -OCH3 is 1. The van der Waals surface area contributed by atoms with E-state index in [2.05, 4.69) is 25.5 Å². The van der Waals surface area contributed by atoms with Gasteiger partial charge in [-0.05, 0) is 36.8 Å². The first kappa shape index (κ1) is 22.9. The summed E-state index contributed by atoms with van der Waals surface area (Å²) < 4.78 is 18.8. The van der Waals surface area contributed by atoms with Gasteiger partial charge in [0, 0.05) is 24.5 Å². The largest absolute Gasteiger partial charge is 0.496 e. The third kappa shape index (κ3) is 4.20. The van der Waals surface area contributed by atoms with E-state index >= 15 is 0 Å². The van der Waals surface area contributed by atoms with Gasteiger partial charge in [0.25, 0.3) is 5.91 Å². The quantitative estimate of drug-likeness (QED) is 0.332. The van der Waals surface area contributed by atoms with Crippen LogP contribution in [-0.4, -0.2) is 38.2 Å². The van der Waals surface area contributed by atoms with Gasteiger partial charge in [0.2, 0.25) is 0 Å². The number of nitrogens with zero attached hydrogens (tertiary/aromatic N) is 4. The summed E-state index contributed by atoms with van der Waals surface area (Å²) in [4.78, 5) is 26.1. The van der Waals surface area contributed by atoms with E-state index in [0.717, 1.165) is 28.5 Å². The predicted octanol–water partition coefficient (Wildman–Crippen LogP) is 4.05. The van der Waals surface area contributed by atoms with Gasteiger partial charge in [-0.1, -0.05) is 24.3 Å². The monoisotopic (exact) mass is 483 g/mol. The number of rotatable bonds is 6. The summed E-state index contributed by atoms with van der Waals surface area (Å²) in [6.45, 7) is 2.13. The second-order valence-electron chi connectivity index (χ2n) is 8.08. The number of H-pyrrole nitrogens is 1. The standard InChI is InChI=1S/C26H22FN7O2/c1-14-20(25-29-10-3-11-30-25)23-21(24(28)34-33-23)22(32-14)16-6-4-15(5-7-16)13-31-26(35)18-12-17(27)8-9-19(18)36-2/h3-12H,13H2,1-2H3,(H,31,35)(H3,28,33,34). The Morgan fingerprint density at radius 1 is 1.14 bits per heavy atom. The van der Waals surface area contributed by atoms with Gasteiger partial charge in [0.05, 0.1) is 40.5 Å². The molecule has 0 saturated carbocycles. The number of ether oxygens (including phenoxy) is 1. The number of aryl methyl sites for hydroxylation is 1. The molecule has 0 aliphatic heterocycles. The Hall–Kier alpha value is -4.86. The highest BCUT2D eigenvalue weighted by Gasteiger charge is 2.20. The van der Waals surface area contributed by atoms with Gasteiger partial charge in [0.15, 0.2) is 11.6 Å². The van der Waals surface area contributed by atoms with Crippen molar-refractivity contribution in [2.24, 2.45) is 0 Å². The van der Waals surface area contributed by atoms with Gasteiger partial charge >= 0.3 is 0 Å². The second kappa shape index (κ2) is 9.41. The van der Waals surface area contributed by atoms with E-state index < -0.39 is 11.7 Å². The van der Waals surface area contributed by atoms with Gasteiger partial charge < -0.3 is 15.8 Å². The number of aromatic nitrogens is 5. The molecule has 0 atom stereocenters. The molecule has 0 bridgehead atoms. The lowest BCUT2D eigenvalue weighted by atomic mass is 10.0. The summed E-state index contributed by atoms with van der Waals surface area (Å²) >= 11 is 0. The number of fused-ring (bicyclic) bond motifs is 1. The number of nitrogen functional groups attached to an aromatic ring is 1. The number of carbonyl (C=O) groups excluding carboxylic acids is 1. The fraction of sp³-hybridized carbons (Fsp3) is 0.115. The molecule has 0 saturated heterocycles. The Kier molecular flexibility index (Phi) is 5.99. The number of carbonyl (C=O) groups is 1. The molecule has 5 rings (SSSR count). The van der Waals surface area contributed by atoms with Crippen molar-refractivity contribution in [1.82, 2.24) is 30.5 Å². The van der Waals surface area contributed by atoms with E-state index in [4.69, 9.17) is 15.5 Å². The molecule has 3 aromatic heterocycles. The molecule has 36 heavy (non-hydrogen) atoms. The molecule has 0 radical (unpaired) electrons. The number of hydrogen-bond acceptors (Lipinski definition) is 7. The van der Waals surface area contributed by atoms with Crippen LogP contribution in [0.4, 0.5) is 10.2 Å². The van der Waals surface area contributed by atoms with Crippen molar-refractivity contribution in [2.45, 2.75) is 13.5 Å². The highest BCUT2D eigenvalue weighted by Crippen LogP contribution is 2.36. The summed E-state index contributed by atoms with van der Waals surface area (Å²) in [5.41, 5.74) is 10.9. The number of halogens is 1. The normalized spacial score (nSPS) is 11.0. The molecule has 4 N–H and O–H groups in total. The lowest BCUT2D eigenvalue weighted by Gasteiger charge is -2.12. The number of amides is 1. The van der Waals surface area contributed by atoms with E-state index in [1.54, 1.807) is 18.5 Å². The third-order valence-electron chi connectivity index (χ3n) is 5.80. The first-order chi connectivity index (χ1) is 17.5. The fourth-order valence-electron chi connectivity index (χ4n) is 4.06. The van der Waals surface area contributed by atoms with Crippen molar-refractivity contribution in [3.63, 3.8) is 0 Å². The molecule has 0 fully saturated rings. The fourth-order valence-corrected chi connectivity index (χ4v) is 4.06. The van der Waals surface area contributed by atoms with Crippen LogP contribution >= 0.6 is 0 Å². The van der Waals surface area contributed by atoms with Gasteiger partial charge in [-0.3, -0.25) is 14.9 Å². The number of nitrogens with one attached hydrogen (secondary N) is 2. The van der Waals surface area contributed by atoms with Crippen LogP contribution in [0.5, 0.6) is 5.75 Å². The number of anilines is 1. The first-order valence-electron chi connectivity index (χ1n) is 11.1. The van der Waals surface area contributed by atoms with Crippen LogP contribution < -0.4 is 15.8 Å². The van der Waals surface area contributed by atoms with E-state index in [9.17, 15) is 9.18 Å². The zero-order chi connectivity index (χ0) is 25.2. The van der Waals surface area contributed by atoms with Gasteiger partial charge in [0.1, 0.15) is 11.6 Å². The molecule has 2 aromatic carbocycles. The topological polar surface area (TPSA) is 132 Å². The second-order valence-corrected chi connectivity index (χ2v) is 8.08. The zero-order valence-electron chi connectivity index (χ0n) is 19.5.